The molecule has 0 aliphatic carbocycles. The summed E-state index contributed by atoms with van der Waals surface area (Å²) in [7, 11) is 4.10. The number of anilines is 1. The van der Waals surface area contributed by atoms with Crippen molar-refractivity contribution >= 4 is 28.8 Å². The fourth-order valence-corrected chi connectivity index (χ4v) is 4.82. The summed E-state index contributed by atoms with van der Waals surface area (Å²) in [5.41, 5.74) is 3.47. The zero-order valence-corrected chi connectivity index (χ0v) is 16.9. The van der Waals surface area contributed by atoms with Crippen LogP contribution in [0.4, 0.5) is 5.69 Å². The van der Waals surface area contributed by atoms with Crippen LogP contribution in [0, 0.1) is 0 Å². The number of quaternary nitrogens is 1. The predicted octanol–water partition coefficient (Wildman–Crippen LogP) is 2.42. The third-order valence-corrected chi connectivity index (χ3v) is 6.65. The summed E-state index contributed by atoms with van der Waals surface area (Å²) in [5.74, 6) is 0.883. The smallest absolute Gasteiger partial charge is 0.217 e. The van der Waals surface area contributed by atoms with E-state index >= 15 is 0 Å². The molecule has 1 aromatic carbocycles. The molecule has 4 rings (SSSR count). The van der Waals surface area contributed by atoms with Crippen LogP contribution >= 0.6 is 23.1 Å². The molecule has 0 saturated carbocycles. The number of benzene rings is 1. The Hall–Kier alpha value is -2.00. The standard InChI is InChI=1S/C19H21N5OS2/c1-24(2)15-5-3-13(4-6-15)17-21-11-16(25-17)12-26-19-23-22-18(27-19)14-7-9-20-10-8-14/h3-10,16-17,21H,11-12H2,1-2H3/p+1/t16-,17+/m0/s1. The average molecular weight is 401 g/mol. The van der Waals surface area contributed by atoms with Gasteiger partial charge in [-0.05, 0) is 36.4 Å². The van der Waals surface area contributed by atoms with Crippen LogP contribution in [0.2, 0.25) is 0 Å². The van der Waals surface area contributed by atoms with Gasteiger partial charge in [-0.3, -0.25) is 4.98 Å². The van der Waals surface area contributed by atoms with E-state index in [1.54, 1.807) is 35.5 Å². The molecule has 2 aromatic heterocycles. The lowest BCUT2D eigenvalue weighted by Gasteiger charge is -2.14. The minimum absolute atomic E-state index is 0.0774. The van der Waals surface area contributed by atoms with Crippen LogP contribution in [0.5, 0.6) is 0 Å². The highest BCUT2D eigenvalue weighted by molar-refractivity contribution is 8.01. The third-order valence-electron chi connectivity index (χ3n) is 4.42. The highest BCUT2D eigenvalue weighted by Gasteiger charge is 2.30. The van der Waals surface area contributed by atoms with Crippen molar-refractivity contribution in [3.63, 3.8) is 0 Å². The van der Waals surface area contributed by atoms with E-state index in [-0.39, 0.29) is 12.3 Å². The maximum Gasteiger partial charge on any atom is 0.217 e. The van der Waals surface area contributed by atoms with E-state index in [0.29, 0.717) is 0 Å². The van der Waals surface area contributed by atoms with Gasteiger partial charge in [-0.2, -0.15) is 0 Å². The lowest BCUT2D eigenvalue weighted by molar-refractivity contribution is -0.697. The number of pyridine rings is 1. The number of ether oxygens (including phenoxy) is 1. The van der Waals surface area contributed by atoms with Crippen molar-refractivity contribution in [1.29, 1.82) is 0 Å². The monoisotopic (exact) mass is 400 g/mol. The van der Waals surface area contributed by atoms with Crippen molar-refractivity contribution in [3.8, 4) is 10.6 Å². The van der Waals surface area contributed by atoms with Gasteiger partial charge in [0.2, 0.25) is 6.23 Å². The second-order valence-electron chi connectivity index (χ2n) is 6.56. The first-order valence-corrected chi connectivity index (χ1v) is 10.6. The van der Waals surface area contributed by atoms with E-state index in [4.69, 9.17) is 4.74 Å². The molecule has 3 aromatic rings. The van der Waals surface area contributed by atoms with Gasteiger partial charge in [0.15, 0.2) is 4.34 Å². The van der Waals surface area contributed by atoms with Crippen molar-refractivity contribution in [2.24, 2.45) is 0 Å². The van der Waals surface area contributed by atoms with Crippen LogP contribution in [0.15, 0.2) is 53.1 Å². The Morgan fingerprint density at radius 2 is 1.93 bits per heavy atom. The largest absolute Gasteiger partial charge is 0.378 e. The third kappa shape index (κ3) is 4.47. The summed E-state index contributed by atoms with van der Waals surface area (Å²) in [6.07, 6.45) is 3.84. The molecular formula is C19H22N5OS2+. The van der Waals surface area contributed by atoms with Crippen LogP contribution in [-0.2, 0) is 4.74 Å². The number of nitrogens with two attached hydrogens (primary N) is 1. The molecule has 0 radical (unpaired) electrons. The Morgan fingerprint density at radius 1 is 1.15 bits per heavy atom. The number of nitrogens with zero attached hydrogens (tertiary/aromatic N) is 4. The zero-order valence-electron chi connectivity index (χ0n) is 15.3. The van der Waals surface area contributed by atoms with E-state index in [1.807, 2.05) is 26.2 Å². The second-order valence-corrected chi connectivity index (χ2v) is 8.80. The zero-order chi connectivity index (χ0) is 18.6. The summed E-state index contributed by atoms with van der Waals surface area (Å²) >= 11 is 3.33. The van der Waals surface area contributed by atoms with Gasteiger partial charge in [-0.1, -0.05) is 23.1 Å². The van der Waals surface area contributed by atoms with Crippen LogP contribution in [0.1, 0.15) is 11.8 Å². The lowest BCUT2D eigenvalue weighted by atomic mass is 10.2. The van der Waals surface area contributed by atoms with Crippen LogP contribution in [0.25, 0.3) is 10.6 Å². The summed E-state index contributed by atoms with van der Waals surface area (Å²) in [6, 6.07) is 12.5. The Labute approximate surface area is 167 Å². The molecule has 1 fully saturated rings. The molecule has 0 bridgehead atoms. The number of aromatic nitrogens is 3. The Bertz CT molecular complexity index is 869. The maximum absolute atomic E-state index is 6.22. The SMILES string of the molecule is CN(C)c1ccc([C@@H]2[NH2+]C[C@@H](CSc3nnc(-c4ccncc4)s3)O2)cc1. The number of rotatable bonds is 6. The molecule has 3 heterocycles. The lowest BCUT2D eigenvalue weighted by Crippen LogP contribution is -2.82. The van der Waals surface area contributed by atoms with E-state index in [9.17, 15) is 0 Å². The summed E-state index contributed by atoms with van der Waals surface area (Å²) in [4.78, 5) is 6.14. The Kier molecular flexibility index (Phi) is 5.68. The number of hydrogen-bond acceptors (Lipinski definition) is 7. The van der Waals surface area contributed by atoms with E-state index in [2.05, 4.69) is 49.7 Å². The fourth-order valence-electron chi connectivity index (χ4n) is 2.92. The van der Waals surface area contributed by atoms with Crippen molar-refractivity contribution in [2.45, 2.75) is 16.7 Å². The normalized spacial score (nSPS) is 19.3. The minimum atomic E-state index is 0.0774. The van der Waals surface area contributed by atoms with Gasteiger partial charge in [0.05, 0.1) is 0 Å². The van der Waals surface area contributed by atoms with Gasteiger partial charge in [-0.25, -0.2) is 0 Å². The van der Waals surface area contributed by atoms with Crippen molar-refractivity contribution < 1.29 is 10.1 Å². The fraction of sp³-hybridized carbons (Fsp3) is 0.316. The van der Waals surface area contributed by atoms with Crippen molar-refractivity contribution in [2.75, 3.05) is 31.3 Å². The molecule has 0 unspecified atom stereocenters. The van der Waals surface area contributed by atoms with Crippen LogP contribution in [0.3, 0.4) is 0 Å². The first-order valence-electron chi connectivity index (χ1n) is 8.82. The van der Waals surface area contributed by atoms with Gasteiger partial charge in [0.1, 0.15) is 17.7 Å². The first kappa shape index (κ1) is 18.4. The summed E-state index contributed by atoms with van der Waals surface area (Å²) < 4.78 is 7.20. The summed E-state index contributed by atoms with van der Waals surface area (Å²) in [5, 5.41) is 11.8. The van der Waals surface area contributed by atoms with E-state index in [1.165, 1.54) is 11.3 Å². The predicted molar refractivity (Wildman–Crippen MR) is 109 cm³/mol. The highest BCUT2D eigenvalue weighted by atomic mass is 32.2. The van der Waals surface area contributed by atoms with Crippen LogP contribution < -0.4 is 10.2 Å². The topological polar surface area (TPSA) is 67.8 Å². The second kappa shape index (κ2) is 8.35. The van der Waals surface area contributed by atoms with Crippen molar-refractivity contribution in [3.05, 3.63) is 54.4 Å². The maximum atomic E-state index is 6.22. The molecule has 27 heavy (non-hydrogen) atoms. The van der Waals surface area contributed by atoms with Crippen LogP contribution in [-0.4, -0.2) is 47.7 Å². The molecule has 6 nitrogen and oxygen atoms in total. The van der Waals surface area contributed by atoms with Gasteiger partial charge < -0.3 is 15.0 Å². The molecule has 2 atom stereocenters. The minimum Gasteiger partial charge on any atom is -0.378 e. The molecule has 0 spiro atoms. The molecule has 1 saturated heterocycles. The highest BCUT2D eigenvalue weighted by Crippen LogP contribution is 2.30. The first-order chi connectivity index (χ1) is 13.2. The number of thioether (sulfide) groups is 1. The van der Waals surface area contributed by atoms with Gasteiger partial charge >= 0.3 is 0 Å². The molecular weight excluding hydrogens is 378 g/mol. The average Bonchev–Trinajstić information content (AvgIpc) is 3.37. The quantitative estimate of drug-likeness (QED) is 0.641. The van der Waals surface area contributed by atoms with Gasteiger partial charge in [-0.15, -0.1) is 10.2 Å². The molecule has 0 amide bonds. The number of hydrogen-bond donors (Lipinski definition) is 1. The van der Waals surface area contributed by atoms with Crippen molar-refractivity contribution in [1.82, 2.24) is 15.2 Å². The summed E-state index contributed by atoms with van der Waals surface area (Å²) in [6.45, 7) is 0.961. The molecule has 2 N–H and O–H groups in total. The Balaban J connectivity index is 1.31. The molecule has 1 aliphatic rings. The van der Waals surface area contributed by atoms with E-state index < -0.39 is 0 Å². The van der Waals surface area contributed by atoms with E-state index in [0.717, 1.165) is 27.2 Å². The van der Waals surface area contributed by atoms with Gasteiger partial charge in [0, 0.05) is 49.1 Å². The molecule has 8 heteroatoms. The Morgan fingerprint density at radius 3 is 2.67 bits per heavy atom. The molecule has 140 valence electrons. The van der Waals surface area contributed by atoms with Gasteiger partial charge in [0.25, 0.3) is 0 Å². The molecule has 1 aliphatic heterocycles.